The predicted octanol–water partition coefficient (Wildman–Crippen LogP) is 5.57. The van der Waals surface area contributed by atoms with Gasteiger partial charge >= 0.3 is 5.97 Å². The first kappa shape index (κ1) is 20.3. The number of hydrogen-bond donors (Lipinski definition) is 0. The van der Waals surface area contributed by atoms with Crippen LogP contribution >= 0.6 is 11.8 Å². The van der Waals surface area contributed by atoms with Gasteiger partial charge in [-0.1, -0.05) is 26.8 Å². The van der Waals surface area contributed by atoms with E-state index < -0.39 is 0 Å². The van der Waals surface area contributed by atoms with Gasteiger partial charge in [-0.25, -0.2) is 4.39 Å². The summed E-state index contributed by atoms with van der Waals surface area (Å²) in [5.41, 5.74) is 2.46. The van der Waals surface area contributed by atoms with Crippen molar-refractivity contribution in [1.29, 1.82) is 0 Å². The van der Waals surface area contributed by atoms with Crippen molar-refractivity contribution in [3.8, 4) is 11.5 Å². The van der Waals surface area contributed by atoms with Crippen molar-refractivity contribution in [3.63, 3.8) is 0 Å². The van der Waals surface area contributed by atoms with Gasteiger partial charge in [0.15, 0.2) is 0 Å². The predicted molar refractivity (Wildman–Crippen MR) is 104 cm³/mol. The fourth-order valence-electron chi connectivity index (χ4n) is 2.65. The topological polar surface area (TPSA) is 35.5 Å². The summed E-state index contributed by atoms with van der Waals surface area (Å²) in [4.78, 5) is 12.7. The van der Waals surface area contributed by atoms with Crippen LogP contribution in [0.15, 0.2) is 35.2 Å². The van der Waals surface area contributed by atoms with Crippen molar-refractivity contribution < 1.29 is 18.7 Å². The molecule has 0 aromatic heterocycles. The average Bonchev–Trinajstić information content (AvgIpc) is 2.66. The van der Waals surface area contributed by atoms with Gasteiger partial charge in [-0.05, 0) is 48.4 Å². The number of halogens is 1. The lowest BCUT2D eigenvalue weighted by Gasteiger charge is -2.16. The molecular formula is C21H25FO3S. The summed E-state index contributed by atoms with van der Waals surface area (Å²) in [6, 6.07) is 8.88. The van der Waals surface area contributed by atoms with E-state index in [9.17, 15) is 9.18 Å². The lowest BCUT2D eigenvalue weighted by atomic mass is 10.1. The molecule has 2 rings (SSSR count). The third-order valence-corrected chi connectivity index (χ3v) is 5.01. The van der Waals surface area contributed by atoms with Gasteiger partial charge in [0.25, 0.3) is 0 Å². The van der Waals surface area contributed by atoms with Gasteiger partial charge < -0.3 is 9.47 Å². The van der Waals surface area contributed by atoms with Crippen molar-refractivity contribution in [2.75, 3.05) is 6.26 Å². The first-order chi connectivity index (χ1) is 12.5. The molecule has 0 amide bonds. The van der Waals surface area contributed by atoms with Crippen LogP contribution in [0, 0.1) is 5.82 Å². The molecule has 0 fully saturated rings. The number of rotatable bonds is 8. The number of aryl methyl sites for hydroxylation is 2. The normalized spacial score (nSPS) is 10.7. The Bertz CT molecular complexity index is 774. The minimum atomic E-state index is -0.294. The number of thioether (sulfide) groups is 1. The Morgan fingerprint density at radius 1 is 1.08 bits per heavy atom. The molecule has 0 heterocycles. The second kappa shape index (κ2) is 9.62. The summed E-state index contributed by atoms with van der Waals surface area (Å²) in [6.07, 6.45) is 3.65. The van der Waals surface area contributed by atoms with E-state index in [0.29, 0.717) is 29.9 Å². The highest BCUT2D eigenvalue weighted by Crippen LogP contribution is 2.32. The quantitative estimate of drug-likeness (QED) is 0.343. The molecule has 2 aromatic rings. The van der Waals surface area contributed by atoms with Crippen molar-refractivity contribution >= 4 is 17.7 Å². The molecule has 0 N–H and O–H groups in total. The maximum Gasteiger partial charge on any atom is 0.310 e. The van der Waals surface area contributed by atoms with Crippen LogP contribution in [0.2, 0.25) is 0 Å². The SMILES string of the molecule is CCC(=O)Oc1cccc(SC)c1COc1cc(F)c(CC)cc1CC. The Labute approximate surface area is 158 Å². The highest BCUT2D eigenvalue weighted by Gasteiger charge is 2.15. The van der Waals surface area contributed by atoms with Crippen LogP contribution in [-0.2, 0) is 24.2 Å². The molecule has 0 spiro atoms. The Morgan fingerprint density at radius 2 is 1.81 bits per heavy atom. The lowest BCUT2D eigenvalue weighted by Crippen LogP contribution is -2.10. The number of carbonyl (C=O) groups excluding carboxylic acids is 1. The van der Waals surface area contributed by atoms with Gasteiger partial charge in [-0.3, -0.25) is 4.79 Å². The second-order valence-corrected chi connectivity index (χ2v) is 6.66. The first-order valence-corrected chi connectivity index (χ1v) is 10.1. The van der Waals surface area contributed by atoms with Crippen LogP contribution in [0.25, 0.3) is 0 Å². The summed E-state index contributed by atoms with van der Waals surface area (Å²) in [5, 5.41) is 0. The Balaban J connectivity index is 2.31. The lowest BCUT2D eigenvalue weighted by molar-refractivity contribution is -0.134. The molecular weight excluding hydrogens is 351 g/mol. The molecule has 0 aliphatic heterocycles. The van der Waals surface area contributed by atoms with Gasteiger partial charge in [0.2, 0.25) is 0 Å². The van der Waals surface area contributed by atoms with Crippen molar-refractivity contribution in [3.05, 3.63) is 52.8 Å². The number of benzene rings is 2. The van der Waals surface area contributed by atoms with E-state index in [1.54, 1.807) is 24.8 Å². The average molecular weight is 376 g/mol. The molecule has 5 heteroatoms. The van der Waals surface area contributed by atoms with E-state index in [1.165, 1.54) is 6.07 Å². The molecule has 0 unspecified atom stereocenters. The molecule has 0 saturated carbocycles. The van der Waals surface area contributed by atoms with Crippen molar-refractivity contribution in [1.82, 2.24) is 0 Å². The zero-order valence-electron chi connectivity index (χ0n) is 15.7. The minimum Gasteiger partial charge on any atom is -0.488 e. The maximum atomic E-state index is 14.2. The number of hydrogen-bond acceptors (Lipinski definition) is 4. The smallest absolute Gasteiger partial charge is 0.310 e. The van der Waals surface area contributed by atoms with E-state index in [2.05, 4.69) is 0 Å². The molecule has 140 valence electrons. The molecule has 0 aliphatic carbocycles. The van der Waals surface area contributed by atoms with Gasteiger partial charge in [-0.15, -0.1) is 11.8 Å². The molecule has 0 atom stereocenters. The second-order valence-electron chi connectivity index (χ2n) is 5.81. The molecule has 0 bridgehead atoms. The van der Waals surface area contributed by atoms with Gasteiger partial charge in [0, 0.05) is 22.9 Å². The third kappa shape index (κ3) is 4.79. The molecule has 3 nitrogen and oxygen atoms in total. The van der Waals surface area contributed by atoms with Crippen LogP contribution in [0.5, 0.6) is 11.5 Å². The highest BCUT2D eigenvalue weighted by molar-refractivity contribution is 7.98. The summed E-state index contributed by atoms with van der Waals surface area (Å²) >= 11 is 1.55. The third-order valence-electron chi connectivity index (χ3n) is 4.19. The molecule has 0 aliphatic rings. The molecule has 0 radical (unpaired) electrons. The van der Waals surface area contributed by atoms with Crippen LogP contribution in [-0.4, -0.2) is 12.2 Å². The Kier molecular flexibility index (Phi) is 7.51. The highest BCUT2D eigenvalue weighted by atomic mass is 32.2. The first-order valence-electron chi connectivity index (χ1n) is 8.84. The van der Waals surface area contributed by atoms with E-state index in [-0.39, 0.29) is 18.4 Å². The zero-order chi connectivity index (χ0) is 19.1. The standard InChI is InChI=1S/C21H25FO3S/c1-5-14-11-15(6-2)19(12-17(14)22)24-13-16-18(25-21(23)7-3)9-8-10-20(16)26-4/h8-12H,5-7,13H2,1-4H3. The van der Waals surface area contributed by atoms with Crippen LogP contribution < -0.4 is 9.47 Å². The fraction of sp³-hybridized carbons (Fsp3) is 0.381. The number of ether oxygens (including phenoxy) is 2. The van der Waals surface area contributed by atoms with Gasteiger partial charge in [0.05, 0.1) is 0 Å². The van der Waals surface area contributed by atoms with E-state index >= 15 is 0 Å². The minimum absolute atomic E-state index is 0.210. The molecule has 26 heavy (non-hydrogen) atoms. The van der Waals surface area contributed by atoms with Crippen LogP contribution in [0.1, 0.15) is 43.9 Å². The summed E-state index contributed by atoms with van der Waals surface area (Å²) in [6.45, 7) is 5.91. The Hall–Kier alpha value is -2.01. The maximum absolute atomic E-state index is 14.2. The number of esters is 1. The fourth-order valence-corrected chi connectivity index (χ4v) is 3.27. The van der Waals surface area contributed by atoms with E-state index in [4.69, 9.17) is 9.47 Å². The molecule has 2 aromatic carbocycles. The summed E-state index contributed by atoms with van der Waals surface area (Å²) in [7, 11) is 0. The Morgan fingerprint density at radius 3 is 2.42 bits per heavy atom. The number of carbonyl (C=O) groups is 1. The van der Waals surface area contributed by atoms with Crippen molar-refractivity contribution in [2.45, 2.75) is 51.5 Å². The van der Waals surface area contributed by atoms with E-state index in [1.807, 2.05) is 38.3 Å². The largest absolute Gasteiger partial charge is 0.488 e. The summed E-state index contributed by atoms with van der Waals surface area (Å²) < 4.78 is 25.6. The van der Waals surface area contributed by atoms with Gasteiger partial charge in [-0.2, -0.15) is 0 Å². The van der Waals surface area contributed by atoms with Crippen molar-refractivity contribution in [2.24, 2.45) is 0 Å². The van der Waals surface area contributed by atoms with Crippen LogP contribution in [0.3, 0.4) is 0 Å². The monoisotopic (exact) mass is 376 g/mol. The molecule has 0 saturated heterocycles. The zero-order valence-corrected chi connectivity index (χ0v) is 16.5. The van der Waals surface area contributed by atoms with Crippen LogP contribution in [0.4, 0.5) is 4.39 Å². The summed E-state index contributed by atoms with van der Waals surface area (Å²) in [5.74, 6) is 0.478. The van der Waals surface area contributed by atoms with Gasteiger partial charge in [0.1, 0.15) is 23.9 Å². The van der Waals surface area contributed by atoms with E-state index in [0.717, 1.165) is 22.4 Å².